The Balaban J connectivity index is 2.38. The van der Waals surface area contributed by atoms with E-state index in [0.29, 0.717) is 24.7 Å². The van der Waals surface area contributed by atoms with E-state index in [1.165, 1.54) is 0 Å². The van der Waals surface area contributed by atoms with Crippen molar-refractivity contribution in [2.45, 2.75) is 57.4 Å². The Kier molecular flexibility index (Phi) is 5.69. The van der Waals surface area contributed by atoms with E-state index >= 15 is 0 Å². The van der Waals surface area contributed by atoms with Gasteiger partial charge in [-0.3, -0.25) is 0 Å². The summed E-state index contributed by atoms with van der Waals surface area (Å²) in [6.07, 6.45) is 3.94. The summed E-state index contributed by atoms with van der Waals surface area (Å²) in [5.74, 6) is 0.965. The molecule has 124 valence electrons. The zero-order valence-corrected chi connectivity index (χ0v) is 14.3. The second kappa shape index (κ2) is 7.33. The molecule has 0 radical (unpaired) electrons. The van der Waals surface area contributed by atoms with Crippen LogP contribution in [0, 0.1) is 6.92 Å². The van der Waals surface area contributed by atoms with Gasteiger partial charge in [-0.1, -0.05) is 12.8 Å². The number of hydrogen-bond donors (Lipinski definition) is 1. The molecule has 22 heavy (non-hydrogen) atoms. The first-order chi connectivity index (χ1) is 10.5. The highest BCUT2D eigenvalue weighted by Crippen LogP contribution is 2.33. The smallest absolute Gasteiger partial charge is 0.244 e. The van der Waals surface area contributed by atoms with Crippen molar-refractivity contribution in [3.05, 3.63) is 17.7 Å². The predicted octanol–water partition coefficient (Wildman–Crippen LogP) is 3.01. The first kappa shape index (κ1) is 17.1. The Bertz CT molecular complexity index is 607. The second-order valence-corrected chi connectivity index (χ2v) is 7.22. The minimum atomic E-state index is -3.61. The van der Waals surface area contributed by atoms with Crippen LogP contribution in [0.5, 0.6) is 11.5 Å². The lowest BCUT2D eigenvalue weighted by atomic mass is 10.2. The van der Waals surface area contributed by atoms with E-state index in [2.05, 4.69) is 4.72 Å². The number of aryl methyl sites for hydroxylation is 1. The summed E-state index contributed by atoms with van der Waals surface area (Å²) < 4.78 is 39.3. The maximum atomic E-state index is 12.7. The second-order valence-electron chi connectivity index (χ2n) is 5.53. The molecule has 0 bridgehead atoms. The highest BCUT2D eigenvalue weighted by Gasteiger charge is 2.27. The third-order valence-electron chi connectivity index (χ3n) is 3.81. The third-order valence-corrected chi connectivity index (χ3v) is 5.35. The van der Waals surface area contributed by atoms with Gasteiger partial charge in [-0.15, -0.1) is 0 Å². The zero-order valence-electron chi connectivity index (χ0n) is 13.5. The van der Waals surface area contributed by atoms with Gasteiger partial charge >= 0.3 is 0 Å². The first-order valence-corrected chi connectivity index (χ1v) is 9.38. The van der Waals surface area contributed by atoms with E-state index in [0.717, 1.165) is 31.2 Å². The maximum Gasteiger partial charge on any atom is 0.244 e. The van der Waals surface area contributed by atoms with Crippen molar-refractivity contribution >= 4 is 10.0 Å². The van der Waals surface area contributed by atoms with Crippen molar-refractivity contribution < 1.29 is 17.9 Å². The molecule has 1 aliphatic carbocycles. The molecule has 1 aromatic carbocycles. The molecule has 5 nitrogen and oxygen atoms in total. The number of rotatable bonds is 7. The van der Waals surface area contributed by atoms with Crippen LogP contribution in [0.25, 0.3) is 0 Å². The number of hydrogen-bond acceptors (Lipinski definition) is 4. The van der Waals surface area contributed by atoms with Gasteiger partial charge in [0, 0.05) is 12.1 Å². The minimum Gasteiger partial charge on any atom is -0.494 e. The Morgan fingerprint density at radius 2 is 1.68 bits per heavy atom. The molecule has 0 unspecified atom stereocenters. The van der Waals surface area contributed by atoms with E-state index in [-0.39, 0.29) is 10.9 Å². The molecule has 0 aromatic heterocycles. The van der Waals surface area contributed by atoms with Crippen LogP contribution in [0.4, 0.5) is 0 Å². The fourth-order valence-electron chi connectivity index (χ4n) is 2.76. The Hall–Kier alpha value is -1.27. The molecule has 0 saturated heterocycles. The number of nitrogens with one attached hydrogen (secondary N) is 1. The minimum absolute atomic E-state index is 0.0244. The van der Waals surface area contributed by atoms with Gasteiger partial charge in [-0.2, -0.15) is 0 Å². The lowest BCUT2D eigenvalue weighted by Gasteiger charge is -2.17. The molecule has 1 N–H and O–H groups in total. The van der Waals surface area contributed by atoms with E-state index < -0.39 is 10.0 Å². The predicted molar refractivity (Wildman–Crippen MR) is 86.1 cm³/mol. The summed E-state index contributed by atoms with van der Waals surface area (Å²) in [5, 5.41) is 0. The van der Waals surface area contributed by atoms with Gasteiger partial charge in [-0.05, 0) is 45.2 Å². The van der Waals surface area contributed by atoms with Crippen LogP contribution in [0.15, 0.2) is 17.0 Å². The Labute approximate surface area is 133 Å². The van der Waals surface area contributed by atoms with Crippen LogP contribution in [-0.4, -0.2) is 27.7 Å². The van der Waals surface area contributed by atoms with E-state index in [1.807, 2.05) is 20.8 Å². The number of ether oxygens (including phenoxy) is 2. The van der Waals surface area contributed by atoms with Gasteiger partial charge in [0.15, 0.2) is 0 Å². The summed E-state index contributed by atoms with van der Waals surface area (Å²) in [5.41, 5.74) is 0.866. The van der Waals surface area contributed by atoms with Crippen molar-refractivity contribution in [2.75, 3.05) is 13.2 Å². The molecular formula is C16H25NO4S. The SMILES string of the molecule is CCOc1cc(S(=O)(=O)NC2CCCC2)c(OCC)cc1C. The largest absolute Gasteiger partial charge is 0.494 e. The maximum absolute atomic E-state index is 12.7. The standard InChI is InChI=1S/C16H25NO4S/c1-4-20-14-11-16(15(21-5-2)10-12(14)3)22(18,19)17-13-8-6-7-9-13/h10-11,13,17H,4-9H2,1-3H3. The summed E-state index contributed by atoms with van der Waals surface area (Å²) >= 11 is 0. The Morgan fingerprint density at radius 3 is 2.27 bits per heavy atom. The molecule has 6 heteroatoms. The first-order valence-electron chi connectivity index (χ1n) is 7.90. The van der Waals surface area contributed by atoms with E-state index in [4.69, 9.17) is 9.47 Å². The molecule has 0 aliphatic heterocycles. The van der Waals surface area contributed by atoms with Crippen molar-refractivity contribution in [2.24, 2.45) is 0 Å². The fourth-order valence-corrected chi connectivity index (χ4v) is 4.21. The molecule has 0 atom stereocenters. The molecule has 2 rings (SSSR count). The van der Waals surface area contributed by atoms with Gasteiger partial charge in [0.05, 0.1) is 13.2 Å². The van der Waals surface area contributed by atoms with Crippen LogP contribution in [0.3, 0.4) is 0 Å². The van der Waals surface area contributed by atoms with Crippen molar-refractivity contribution in [3.63, 3.8) is 0 Å². The van der Waals surface area contributed by atoms with Gasteiger partial charge in [0.25, 0.3) is 0 Å². The van der Waals surface area contributed by atoms with Gasteiger partial charge in [0.1, 0.15) is 16.4 Å². The molecule has 0 spiro atoms. The number of sulfonamides is 1. The Morgan fingerprint density at radius 1 is 1.09 bits per heavy atom. The number of benzene rings is 1. The molecule has 1 aliphatic rings. The summed E-state index contributed by atoms with van der Waals surface area (Å²) in [4.78, 5) is 0.162. The monoisotopic (exact) mass is 327 g/mol. The zero-order chi connectivity index (χ0) is 16.2. The van der Waals surface area contributed by atoms with Crippen molar-refractivity contribution in [3.8, 4) is 11.5 Å². The normalized spacial score (nSPS) is 16.0. The van der Waals surface area contributed by atoms with Crippen LogP contribution in [0.1, 0.15) is 45.1 Å². The lowest BCUT2D eigenvalue weighted by Crippen LogP contribution is -2.33. The molecule has 0 heterocycles. The van der Waals surface area contributed by atoms with Crippen LogP contribution in [-0.2, 0) is 10.0 Å². The van der Waals surface area contributed by atoms with Crippen molar-refractivity contribution in [1.29, 1.82) is 0 Å². The van der Waals surface area contributed by atoms with Crippen LogP contribution >= 0.6 is 0 Å². The topological polar surface area (TPSA) is 64.6 Å². The van der Waals surface area contributed by atoms with E-state index in [9.17, 15) is 8.42 Å². The molecule has 0 amide bonds. The highest BCUT2D eigenvalue weighted by molar-refractivity contribution is 7.89. The summed E-state index contributed by atoms with van der Waals surface area (Å²) in [7, 11) is -3.61. The molecule has 1 aromatic rings. The fraction of sp³-hybridized carbons (Fsp3) is 0.625. The molecular weight excluding hydrogens is 302 g/mol. The molecule has 1 fully saturated rings. The quantitative estimate of drug-likeness (QED) is 0.836. The van der Waals surface area contributed by atoms with Gasteiger partial charge < -0.3 is 9.47 Å². The van der Waals surface area contributed by atoms with Gasteiger partial charge in [-0.25, -0.2) is 13.1 Å². The molecule has 1 saturated carbocycles. The summed E-state index contributed by atoms with van der Waals surface area (Å²) in [6, 6.07) is 3.33. The average molecular weight is 327 g/mol. The van der Waals surface area contributed by atoms with Crippen LogP contribution in [0.2, 0.25) is 0 Å². The average Bonchev–Trinajstić information content (AvgIpc) is 2.94. The highest BCUT2D eigenvalue weighted by atomic mass is 32.2. The third kappa shape index (κ3) is 3.93. The van der Waals surface area contributed by atoms with Crippen LogP contribution < -0.4 is 14.2 Å². The van der Waals surface area contributed by atoms with Gasteiger partial charge in [0.2, 0.25) is 10.0 Å². The van der Waals surface area contributed by atoms with E-state index in [1.54, 1.807) is 12.1 Å². The summed E-state index contributed by atoms with van der Waals surface area (Å²) in [6.45, 7) is 6.51. The van der Waals surface area contributed by atoms with Crippen molar-refractivity contribution in [1.82, 2.24) is 4.72 Å². The lowest BCUT2D eigenvalue weighted by molar-refractivity contribution is 0.320.